The number of para-hydroxylation sites is 1. The summed E-state index contributed by atoms with van der Waals surface area (Å²) in [6.45, 7) is 7.58. The molecule has 2 rings (SSSR count). The highest BCUT2D eigenvalue weighted by Crippen LogP contribution is 2.17. The summed E-state index contributed by atoms with van der Waals surface area (Å²) in [7, 11) is -4.94. The Balaban J connectivity index is 0.000000312. The molecule has 0 N–H and O–H groups in total. The average molecular weight is 286 g/mol. The van der Waals surface area contributed by atoms with Crippen molar-refractivity contribution in [2.24, 2.45) is 0 Å². The number of pyridine rings is 1. The molecule has 0 saturated carbocycles. The van der Waals surface area contributed by atoms with Gasteiger partial charge in [0, 0.05) is 17.0 Å². The Morgan fingerprint density at radius 1 is 1.05 bits per heavy atom. The highest BCUT2D eigenvalue weighted by atomic mass is 35.7. The normalized spacial score (nSPS) is 11.1. The van der Waals surface area contributed by atoms with Gasteiger partial charge in [-0.2, -0.15) is 4.57 Å². The Bertz CT molecular complexity index is 560. The van der Waals surface area contributed by atoms with Crippen LogP contribution in [0.4, 0.5) is 0 Å². The van der Waals surface area contributed by atoms with Gasteiger partial charge in [-0.15, -0.1) is 10.2 Å². The maximum absolute atomic E-state index is 8.49. The molecule has 1 aromatic heterocycles. The smallest absolute Gasteiger partial charge is 0.212 e. The van der Waals surface area contributed by atoms with Gasteiger partial charge in [0.05, 0.1) is 0 Å². The predicted molar refractivity (Wildman–Crippen MR) is 59.3 cm³/mol. The van der Waals surface area contributed by atoms with Crippen LogP contribution in [-0.2, 0) is 6.54 Å². The van der Waals surface area contributed by atoms with Crippen molar-refractivity contribution < 1.29 is 33.4 Å². The molecule has 0 aliphatic heterocycles. The van der Waals surface area contributed by atoms with E-state index in [-0.39, 0.29) is 0 Å². The van der Waals surface area contributed by atoms with Crippen LogP contribution in [0.5, 0.6) is 0 Å². The largest absolute Gasteiger partial charge is 0.222 e. The second-order valence-electron chi connectivity index (χ2n) is 4.12. The fourth-order valence-electron chi connectivity index (χ4n) is 1.92. The first-order valence-corrected chi connectivity index (χ1v) is 6.97. The average Bonchev–Trinajstić information content (AvgIpc) is 2.32. The van der Waals surface area contributed by atoms with Crippen molar-refractivity contribution in [2.45, 2.75) is 27.3 Å². The van der Waals surface area contributed by atoms with Gasteiger partial charge in [0.2, 0.25) is 5.52 Å². The van der Waals surface area contributed by atoms with E-state index in [1.807, 2.05) is 0 Å². The van der Waals surface area contributed by atoms with Crippen molar-refractivity contribution in [3.63, 3.8) is 0 Å². The van der Waals surface area contributed by atoms with E-state index in [9.17, 15) is 0 Å². The third-order valence-corrected chi connectivity index (χ3v) is 2.90. The van der Waals surface area contributed by atoms with Gasteiger partial charge in [-0.25, -0.2) is 18.6 Å². The Morgan fingerprint density at radius 2 is 1.58 bits per heavy atom. The number of benzene rings is 1. The third-order valence-electron chi connectivity index (χ3n) is 2.90. The van der Waals surface area contributed by atoms with Crippen LogP contribution in [0, 0.1) is 24.1 Å². The molecule has 0 aliphatic carbocycles. The molecule has 1 heterocycles. The van der Waals surface area contributed by atoms with Crippen LogP contribution in [0.2, 0.25) is 0 Å². The minimum atomic E-state index is -4.94. The maximum Gasteiger partial charge on any atom is 0.212 e. The molecule has 2 aromatic rings. The molecule has 0 atom stereocenters. The SMILES string of the molecule is CC[n+]1cc(C)c(C)c2ccccc21.[O-][Cl+3]([O-])([O-])[O-]. The van der Waals surface area contributed by atoms with Gasteiger partial charge in [-0.1, -0.05) is 12.1 Å². The molecule has 0 bridgehead atoms. The molecule has 6 heteroatoms. The first kappa shape index (κ1) is 15.8. The number of rotatable bonds is 1. The highest BCUT2D eigenvalue weighted by Gasteiger charge is 2.10. The fourth-order valence-corrected chi connectivity index (χ4v) is 1.92. The molecule has 0 spiro atoms. The van der Waals surface area contributed by atoms with E-state index in [0.717, 1.165) is 6.54 Å². The quantitative estimate of drug-likeness (QED) is 0.567. The van der Waals surface area contributed by atoms with E-state index in [0.29, 0.717) is 0 Å². The van der Waals surface area contributed by atoms with E-state index >= 15 is 0 Å². The lowest BCUT2D eigenvalue weighted by Gasteiger charge is -2.17. The molecule has 104 valence electrons. The third kappa shape index (κ3) is 4.74. The Hall–Kier alpha value is -1.24. The monoisotopic (exact) mass is 285 g/mol. The van der Waals surface area contributed by atoms with Crippen molar-refractivity contribution in [1.29, 1.82) is 0 Å². The van der Waals surface area contributed by atoms with Gasteiger partial charge >= 0.3 is 0 Å². The summed E-state index contributed by atoms with van der Waals surface area (Å²) < 4.78 is 36.3. The van der Waals surface area contributed by atoms with Gasteiger partial charge in [0.15, 0.2) is 6.20 Å². The second-order valence-corrected chi connectivity index (χ2v) is 4.87. The van der Waals surface area contributed by atoms with E-state index in [4.69, 9.17) is 18.6 Å². The molecule has 0 fully saturated rings. The second kappa shape index (κ2) is 6.27. The molecule has 0 aliphatic rings. The molecular weight excluding hydrogens is 270 g/mol. The van der Waals surface area contributed by atoms with Crippen LogP contribution in [0.3, 0.4) is 0 Å². The summed E-state index contributed by atoms with van der Waals surface area (Å²) in [6, 6.07) is 8.59. The van der Waals surface area contributed by atoms with Gasteiger partial charge in [0.1, 0.15) is 6.54 Å². The summed E-state index contributed by atoms with van der Waals surface area (Å²) in [5.41, 5.74) is 4.09. The van der Waals surface area contributed by atoms with E-state index in [1.165, 1.54) is 22.0 Å². The Labute approximate surface area is 114 Å². The standard InChI is InChI=1S/C13H16N.ClHO4/c1-4-14-9-10(2)11(3)12-7-5-6-8-13(12)14;2-1(3,4)5/h5-9H,4H2,1-3H3;(H,2,3,4,5)/q+1;/p-1. The minimum Gasteiger partial charge on any atom is -0.222 e. The Kier molecular flexibility index (Phi) is 5.22. The van der Waals surface area contributed by atoms with Crippen molar-refractivity contribution >= 4 is 10.9 Å². The summed E-state index contributed by atoms with van der Waals surface area (Å²) in [5, 5.41) is 1.37. The van der Waals surface area contributed by atoms with Gasteiger partial charge in [0.25, 0.3) is 0 Å². The summed E-state index contributed by atoms with van der Waals surface area (Å²) in [4.78, 5) is 0. The van der Waals surface area contributed by atoms with E-state index in [1.54, 1.807) is 0 Å². The molecule has 0 radical (unpaired) electrons. The zero-order valence-electron chi connectivity index (χ0n) is 11.1. The zero-order chi connectivity index (χ0) is 14.6. The minimum absolute atomic E-state index is 1.03. The number of hydrogen-bond donors (Lipinski definition) is 0. The summed E-state index contributed by atoms with van der Waals surface area (Å²) in [6.07, 6.45) is 2.23. The van der Waals surface area contributed by atoms with E-state index < -0.39 is 10.2 Å². The Morgan fingerprint density at radius 3 is 2.11 bits per heavy atom. The van der Waals surface area contributed by atoms with Crippen molar-refractivity contribution in [3.8, 4) is 0 Å². The number of nitrogens with zero attached hydrogens (tertiary/aromatic N) is 1. The topological polar surface area (TPSA) is 96.1 Å². The maximum atomic E-state index is 8.49. The lowest BCUT2D eigenvalue weighted by molar-refractivity contribution is -2.00. The van der Waals surface area contributed by atoms with Crippen LogP contribution in [-0.4, -0.2) is 0 Å². The van der Waals surface area contributed by atoms with Crippen molar-refractivity contribution in [1.82, 2.24) is 0 Å². The number of hydrogen-bond acceptors (Lipinski definition) is 4. The molecule has 5 nitrogen and oxygen atoms in total. The van der Waals surface area contributed by atoms with Crippen molar-refractivity contribution in [3.05, 3.63) is 41.6 Å². The first-order valence-electron chi connectivity index (χ1n) is 5.74. The van der Waals surface area contributed by atoms with Crippen LogP contribution in [0.1, 0.15) is 18.1 Å². The fraction of sp³-hybridized carbons (Fsp3) is 0.308. The zero-order valence-corrected chi connectivity index (χ0v) is 11.8. The number of aryl methyl sites for hydroxylation is 3. The molecule has 19 heavy (non-hydrogen) atoms. The lowest BCUT2D eigenvalue weighted by Crippen LogP contribution is -2.68. The summed E-state index contributed by atoms with van der Waals surface area (Å²) >= 11 is 0. The van der Waals surface area contributed by atoms with Gasteiger partial charge in [-0.05, 0) is 32.4 Å². The predicted octanol–water partition coefficient (Wildman–Crippen LogP) is -1.99. The van der Waals surface area contributed by atoms with E-state index in [2.05, 4.69) is 55.8 Å². The number of halogens is 1. The first-order chi connectivity index (χ1) is 8.74. The number of aromatic nitrogens is 1. The van der Waals surface area contributed by atoms with Crippen LogP contribution < -0.4 is 23.2 Å². The van der Waals surface area contributed by atoms with Crippen LogP contribution >= 0.6 is 0 Å². The molecule has 0 unspecified atom stereocenters. The van der Waals surface area contributed by atoms with Gasteiger partial charge in [-0.3, -0.25) is 0 Å². The highest BCUT2D eigenvalue weighted by molar-refractivity contribution is 5.79. The summed E-state index contributed by atoms with van der Waals surface area (Å²) in [5.74, 6) is 0. The molecular formula is C13H16ClNO4. The molecule has 0 saturated heterocycles. The molecule has 0 amide bonds. The van der Waals surface area contributed by atoms with Crippen LogP contribution in [0.25, 0.3) is 10.9 Å². The van der Waals surface area contributed by atoms with Crippen LogP contribution in [0.15, 0.2) is 30.5 Å². The van der Waals surface area contributed by atoms with Gasteiger partial charge < -0.3 is 0 Å². The lowest BCUT2D eigenvalue weighted by atomic mass is 10.1. The molecule has 1 aromatic carbocycles. The van der Waals surface area contributed by atoms with Crippen molar-refractivity contribution in [2.75, 3.05) is 0 Å². The number of fused-ring (bicyclic) bond motifs is 1.